The fourth-order valence-electron chi connectivity index (χ4n) is 1.64. The van der Waals surface area contributed by atoms with Crippen LogP contribution in [0.1, 0.15) is 0 Å². The third-order valence-corrected chi connectivity index (χ3v) is 2.61. The van der Waals surface area contributed by atoms with Crippen LogP contribution in [-0.4, -0.2) is 15.0 Å². The quantitative estimate of drug-likeness (QED) is 0.793. The molecule has 2 heterocycles. The Labute approximate surface area is 120 Å². The zero-order chi connectivity index (χ0) is 14.5. The molecular formula is C15H11FN4O. The predicted octanol–water partition coefficient (Wildman–Crippen LogP) is 3.55. The summed E-state index contributed by atoms with van der Waals surface area (Å²) in [5, 5.41) is 2.97. The molecular weight excluding hydrogens is 271 g/mol. The Bertz CT molecular complexity index is 702. The lowest BCUT2D eigenvalue weighted by molar-refractivity contribution is 0.477. The highest BCUT2D eigenvalue weighted by Gasteiger charge is 2.01. The molecule has 0 aliphatic heterocycles. The fraction of sp³-hybridized carbons (Fsp3) is 0. The molecule has 21 heavy (non-hydrogen) atoms. The maximum atomic E-state index is 12.8. The Morgan fingerprint density at radius 1 is 0.857 bits per heavy atom. The third kappa shape index (κ3) is 3.50. The van der Waals surface area contributed by atoms with Crippen molar-refractivity contribution in [1.29, 1.82) is 0 Å². The Balaban J connectivity index is 1.68. The van der Waals surface area contributed by atoms with Crippen LogP contribution in [0, 0.1) is 5.82 Å². The summed E-state index contributed by atoms with van der Waals surface area (Å²) in [5.41, 5.74) is 0.708. The summed E-state index contributed by atoms with van der Waals surface area (Å²) in [6, 6.07) is 9.43. The van der Waals surface area contributed by atoms with E-state index in [1.807, 2.05) is 0 Å². The molecule has 3 rings (SSSR count). The monoisotopic (exact) mass is 282 g/mol. The molecule has 0 spiro atoms. The van der Waals surface area contributed by atoms with Crippen molar-refractivity contribution in [3.63, 3.8) is 0 Å². The van der Waals surface area contributed by atoms with E-state index >= 15 is 0 Å². The van der Waals surface area contributed by atoms with E-state index in [0.717, 1.165) is 0 Å². The number of nitrogens with zero attached hydrogens (tertiary/aromatic N) is 3. The first-order chi connectivity index (χ1) is 10.3. The number of hydrogen-bond acceptors (Lipinski definition) is 5. The van der Waals surface area contributed by atoms with E-state index in [9.17, 15) is 4.39 Å². The maximum absolute atomic E-state index is 12.8. The smallest absolute Gasteiger partial charge is 0.227 e. The van der Waals surface area contributed by atoms with E-state index in [4.69, 9.17) is 4.74 Å². The van der Waals surface area contributed by atoms with Crippen LogP contribution in [-0.2, 0) is 0 Å². The lowest BCUT2D eigenvalue weighted by Crippen LogP contribution is -1.97. The topological polar surface area (TPSA) is 59.9 Å². The first-order valence-corrected chi connectivity index (χ1v) is 6.22. The lowest BCUT2D eigenvalue weighted by atomic mass is 10.3. The summed E-state index contributed by atoms with van der Waals surface area (Å²) in [6.45, 7) is 0. The van der Waals surface area contributed by atoms with E-state index in [1.165, 1.54) is 12.1 Å². The van der Waals surface area contributed by atoms with Gasteiger partial charge in [0.25, 0.3) is 0 Å². The number of ether oxygens (including phenoxy) is 1. The number of anilines is 2. The van der Waals surface area contributed by atoms with Gasteiger partial charge in [-0.25, -0.2) is 14.4 Å². The minimum atomic E-state index is -0.289. The molecule has 0 amide bonds. The summed E-state index contributed by atoms with van der Waals surface area (Å²) in [6.07, 6.45) is 6.39. The Hall–Kier alpha value is -3.02. The zero-order valence-electron chi connectivity index (χ0n) is 10.9. The number of pyridine rings is 1. The van der Waals surface area contributed by atoms with Gasteiger partial charge in [-0.15, -0.1) is 0 Å². The van der Waals surface area contributed by atoms with Gasteiger partial charge in [0.05, 0.1) is 12.4 Å². The molecule has 0 bridgehead atoms. The van der Waals surface area contributed by atoms with Crippen molar-refractivity contribution in [3.8, 4) is 11.5 Å². The van der Waals surface area contributed by atoms with Crippen molar-refractivity contribution >= 4 is 11.6 Å². The number of aromatic nitrogens is 3. The molecule has 0 fully saturated rings. The van der Waals surface area contributed by atoms with Gasteiger partial charge in [-0.3, -0.25) is 4.98 Å². The van der Waals surface area contributed by atoms with Gasteiger partial charge in [0.1, 0.15) is 11.6 Å². The highest BCUT2D eigenvalue weighted by Crippen LogP contribution is 2.20. The molecule has 3 aromatic rings. The largest absolute Gasteiger partial charge is 0.454 e. The molecule has 5 nitrogen and oxygen atoms in total. The highest BCUT2D eigenvalue weighted by molar-refractivity contribution is 5.52. The van der Waals surface area contributed by atoms with E-state index in [2.05, 4.69) is 20.3 Å². The van der Waals surface area contributed by atoms with E-state index < -0.39 is 0 Å². The number of benzene rings is 1. The van der Waals surface area contributed by atoms with Crippen molar-refractivity contribution in [2.45, 2.75) is 0 Å². The minimum absolute atomic E-state index is 0.289. The summed E-state index contributed by atoms with van der Waals surface area (Å²) in [4.78, 5) is 12.2. The van der Waals surface area contributed by atoms with E-state index in [1.54, 1.807) is 49.1 Å². The Morgan fingerprint density at radius 3 is 2.19 bits per heavy atom. The summed E-state index contributed by atoms with van der Waals surface area (Å²) in [7, 11) is 0. The van der Waals surface area contributed by atoms with Gasteiger partial charge in [0, 0.05) is 18.1 Å². The molecule has 0 saturated heterocycles. The number of hydrogen-bond donors (Lipinski definition) is 1. The Kier molecular flexibility index (Phi) is 3.68. The number of nitrogens with one attached hydrogen (secondary N) is 1. The van der Waals surface area contributed by atoms with E-state index in [-0.39, 0.29) is 5.82 Å². The number of halogens is 1. The predicted molar refractivity (Wildman–Crippen MR) is 76.0 cm³/mol. The molecule has 0 atom stereocenters. The molecule has 1 N–H and O–H groups in total. The van der Waals surface area contributed by atoms with Crippen molar-refractivity contribution in [2.75, 3.05) is 5.32 Å². The second-order valence-corrected chi connectivity index (χ2v) is 4.16. The summed E-state index contributed by atoms with van der Waals surface area (Å²) >= 11 is 0. The summed E-state index contributed by atoms with van der Waals surface area (Å²) < 4.78 is 18.4. The van der Waals surface area contributed by atoms with Crippen LogP contribution < -0.4 is 10.1 Å². The third-order valence-electron chi connectivity index (χ3n) is 2.61. The Morgan fingerprint density at radius 2 is 1.52 bits per heavy atom. The molecule has 1 aromatic carbocycles. The lowest BCUT2D eigenvalue weighted by Gasteiger charge is -2.06. The highest BCUT2D eigenvalue weighted by atomic mass is 19.1. The van der Waals surface area contributed by atoms with Crippen LogP contribution in [0.15, 0.2) is 61.2 Å². The van der Waals surface area contributed by atoms with Crippen LogP contribution in [0.2, 0.25) is 0 Å². The van der Waals surface area contributed by atoms with Crippen LogP contribution in [0.3, 0.4) is 0 Å². The van der Waals surface area contributed by atoms with Gasteiger partial charge >= 0.3 is 0 Å². The van der Waals surface area contributed by atoms with Crippen LogP contribution in [0.5, 0.6) is 11.5 Å². The van der Waals surface area contributed by atoms with Crippen LogP contribution >= 0.6 is 0 Å². The molecule has 0 unspecified atom stereocenters. The van der Waals surface area contributed by atoms with E-state index in [0.29, 0.717) is 23.1 Å². The fourth-order valence-corrected chi connectivity index (χ4v) is 1.64. The molecule has 0 radical (unpaired) electrons. The zero-order valence-corrected chi connectivity index (χ0v) is 10.9. The van der Waals surface area contributed by atoms with Crippen LogP contribution in [0.25, 0.3) is 0 Å². The van der Waals surface area contributed by atoms with Gasteiger partial charge in [-0.05, 0) is 36.4 Å². The van der Waals surface area contributed by atoms with Crippen molar-refractivity contribution in [2.24, 2.45) is 0 Å². The summed E-state index contributed by atoms with van der Waals surface area (Å²) in [5.74, 6) is 1.30. The minimum Gasteiger partial charge on any atom is -0.454 e. The normalized spacial score (nSPS) is 10.1. The van der Waals surface area contributed by atoms with Crippen molar-refractivity contribution < 1.29 is 9.13 Å². The average molecular weight is 282 g/mol. The second-order valence-electron chi connectivity index (χ2n) is 4.16. The van der Waals surface area contributed by atoms with Crippen molar-refractivity contribution in [1.82, 2.24) is 15.0 Å². The standard InChI is InChI=1S/C15H11FN4O/c16-11-1-3-12(4-2-11)20-15-18-9-14(10-19-15)21-13-5-7-17-8-6-13/h1-10H,(H,18,19,20). The molecule has 104 valence electrons. The molecule has 6 heteroatoms. The van der Waals surface area contributed by atoms with Crippen LogP contribution in [0.4, 0.5) is 16.0 Å². The second kappa shape index (κ2) is 5.96. The first kappa shape index (κ1) is 13.0. The first-order valence-electron chi connectivity index (χ1n) is 6.22. The average Bonchev–Trinajstić information content (AvgIpc) is 2.53. The van der Waals surface area contributed by atoms with Gasteiger partial charge in [0.2, 0.25) is 5.95 Å². The maximum Gasteiger partial charge on any atom is 0.227 e. The molecule has 2 aromatic heterocycles. The van der Waals surface area contributed by atoms with Gasteiger partial charge in [0.15, 0.2) is 5.75 Å². The molecule has 0 aliphatic rings. The number of rotatable bonds is 4. The SMILES string of the molecule is Fc1ccc(Nc2ncc(Oc3ccncc3)cn2)cc1. The molecule has 0 aliphatic carbocycles. The van der Waals surface area contributed by atoms with Gasteiger partial charge in [-0.1, -0.05) is 0 Å². The van der Waals surface area contributed by atoms with Gasteiger partial charge in [-0.2, -0.15) is 0 Å². The van der Waals surface area contributed by atoms with Crippen molar-refractivity contribution in [3.05, 3.63) is 67.0 Å². The molecule has 0 saturated carbocycles. The van der Waals surface area contributed by atoms with Gasteiger partial charge < -0.3 is 10.1 Å².